The van der Waals surface area contributed by atoms with E-state index < -0.39 is 4.92 Å². The van der Waals surface area contributed by atoms with Gasteiger partial charge < -0.3 is 11.1 Å². The van der Waals surface area contributed by atoms with Crippen LogP contribution >= 0.6 is 0 Å². The number of nitrogens with two attached hydrogens (primary N) is 1. The van der Waals surface area contributed by atoms with Crippen molar-refractivity contribution in [2.24, 2.45) is 5.73 Å². The van der Waals surface area contributed by atoms with Crippen LogP contribution in [0, 0.1) is 17.0 Å². The topological polar surface area (TPSA) is 94.1 Å². The van der Waals surface area contributed by atoms with Gasteiger partial charge in [0.1, 0.15) is 12.0 Å². The predicted molar refractivity (Wildman–Crippen MR) is 55.6 cm³/mol. The highest BCUT2D eigenvalue weighted by Crippen LogP contribution is 2.25. The van der Waals surface area contributed by atoms with Crippen molar-refractivity contribution in [1.82, 2.24) is 4.98 Å². The summed E-state index contributed by atoms with van der Waals surface area (Å²) in [6.45, 7) is 1.69. The molecule has 0 bridgehead atoms. The average molecular weight is 208 g/mol. The molecule has 2 rings (SSSR count). The number of nitro groups is 1. The predicted octanol–water partition coefficient (Wildman–Crippen LogP) is 0.810. The summed E-state index contributed by atoms with van der Waals surface area (Å²) in [5.41, 5.74) is 6.28. The first-order valence-corrected chi connectivity index (χ1v) is 4.71. The van der Waals surface area contributed by atoms with Gasteiger partial charge in [0.05, 0.1) is 4.92 Å². The van der Waals surface area contributed by atoms with Gasteiger partial charge in [-0.15, -0.1) is 0 Å². The van der Waals surface area contributed by atoms with E-state index in [2.05, 4.69) is 10.3 Å². The Bertz CT molecular complexity index is 407. The SMILES string of the molecule is Cc1cc(NC2CC2N)ncc1[N+](=O)[O-]. The zero-order valence-corrected chi connectivity index (χ0v) is 8.30. The van der Waals surface area contributed by atoms with Crippen LogP contribution in [0.3, 0.4) is 0 Å². The van der Waals surface area contributed by atoms with Gasteiger partial charge >= 0.3 is 0 Å². The fourth-order valence-electron chi connectivity index (χ4n) is 1.39. The molecule has 0 radical (unpaired) electrons. The number of pyridine rings is 1. The van der Waals surface area contributed by atoms with Crippen LogP contribution in [0.5, 0.6) is 0 Å². The smallest absolute Gasteiger partial charge is 0.290 e. The van der Waals surface area contributed by atoms with E-state index in [-0.39, 0.29) is 17.8 Å². The molecule has 0 aromatic carbocycles. The van der Waals surface area contributed by atoms with Gasteiger partial charge in [0.2, 0.25) is 0 Å². The molecule has 6 nitrogen and oxygen atoms in total. The van der Waals surface area contributed by atoms with Crippen LogP contribution < -0.4 is 11.1 Å². The van der Waals surface area contributed by atoms with Gasteiger partial charge in [-0.1, -0.05) is 0 Å². The van der Waals surface area contributed by atoms with E-state index in [9.17, 15) is 10.1 Å². The zero-order valence-electron chi connectivity index (χ0n) is 8.30. The molecule has 3 N–H and O–H groups in total. The lowest BCUT2D eigenvalue weighted by molar-refractivity contribution is -0.385. The quantitative estimate of drug-likeness (QED) is 0.566. The number of nitrogens with zero attached hydrogens (tertiary/aromatic N) is 2. The molecule has 1 fully saturated rings. The van der Waals surface area contributed by atoms with Crippen molar-refractivity contribution >= 4 is 11.5 Å². The highest BCUT2D eigenvalue weighted by molar-refractivity contribution is 5.48. The Hall–Kier alpha value is -1.69. The van der Waals surface area contributed by atoms with E-state index in [1.165, 1.54) is 6.20 Å². The molecule has 15 heavy (non-hydrogen) atoms. The second kappa shape index (κ2) is 3.47. The van der Waals surface area contributed by atoms with E-state index >= 15 is 0 Å². The van der Waals surface area contributed by atoms with Crippen molar-refractivity contribution in [3.8, 4) is 0 Å². The van der Waals surface area contributed by atoms with Crippen molar-refractivity contribution < 1.29 is 4.92 Å². The van der Waals surface area contributed by atoms with Crippen LogP contribution in [0.2, 0.25) is 0 Å². The molecule has 1 aromatic rings. The molecular weight excluding hydrogens is 196 g/mol. The number of nitrogens with one attached hydrogen (secondary N) is 1. The number of hydrogen-bond donors (Lipinski definition) is 2. The van der Waals surface area contributed by atoms with Gasteiger partial charge in [-0.05, 0) is 19.4 Å². The molecule has 0 aliphatic heterocycles. The second-order valence-corrected chi connectivity index (χ2v) is 3.76. The third-order valence-corrected chi connectivity index (χ3v) is 2.45. The average Bonchev–Trinajstić information content (AvgIpc) is 2.81. The summed E-state index contributed by atoms with van der Waals surface area (Å²) in [6.07, 6.45) is 2.20. The number of hydrogen-bond acceptors (Lipinski definition) is 5. The molecule has 0 spiro atoms. The number of rotatable bonds is 3. The van der Waals surface area contributed by atoms with Crippen LogP contribution in [-0.4, -0.2) is 22.0 Å². The fourth-order valence-corrected chi connectivity index (χ4v) is 1.39. The summed E-state index contributed by atoms with van der Waals surface area (Å²) in [4.78, 5) is 14.1. The third kappa shape index (κ3) is 2.04. The van der Waals surface area contributed by atoms with E-state index in [4.69, 9.17) is 5.73 Å². The van der Waals surface area contributed by atoms with Crippen molar-refractivity contribution in [2.75, 3.05) is 5.32 Å². The van der Waals surface area contributed by atoms with E-state index in [1.807, 2.05) is 0 Å². The first-order chi connectivity index (χ1) is 7.08. The summed E-state index contributed by atoms with van der Waals surface area (Å²) in [5, 5.41) is 13.7. The van der Waals surface area contributed by atoms with Gasteiger partial charge in [-0.2, -0.15) is 0 Å². The normalized spacial score (nSPS) is 23.6. The Balaban J connectivity index is 2.14. The van der Waals surface area contributed by atoms with Gasteiger partial charge in [0, 0.05) is 17.6 Å². The Labute approximate surface area is 86.6 Å². The second-order valence-electron chi connectivity index (χ2n) is 3.76. The number of anilines is 1. The van der Waals surface area contributed by atoms with Gasteiger partial charge in [0.25, 0.3) is 5.69 Å². The minimum Gasteiger partial charge on any atom is -0.366 e. The van der Waals surface area contributed by atoms with Crippen molar-refractivity contribution in [1.29, 1.82) is 0 Å². The summed E-state index contributed by atoms with van der Waals surface area (Å²) in [5.74, 6) is 0.649. The third-order valence-electron chi connectivity index (χ3n) is 2.45. The molecule has 2 unspecified atom stereocenters. The van der Waals surface area contributed by atoms with Crippen LogP contribution in [0.25, 0.3) is 0 Å². The minimum atomic E-state index is -0.436. The molecule has 0 saturated heterocycles. The summed E-state index contributed by atoms with van der Waals surface area (Å²) in [7, 11) is 0. The van der Waals surface area contributed by atoms with Crippen LogP contribution in [0.1, 0.15) is 12.0 Å². The minimum absolute atomic E-state index is 0.0423. The van der Waals surface area contributed by atoms with Crippen LogP contribution in [-0.2, 0) is 0 Å². The standard InChI is InChI=1S/C9H12N4O2/c1-5-2-9(12-7-3-6(7)10)11-4-8(5)13(14)15/h2,4,6-7H,3,10H2,1H3,(H,11,12). The molecule has 1 heterocycles. The van der Waals surface area contributed by atoms with Gasteiger partial charge in [0.15, 0.2) is 0 Å². The van der Waals surface area contributed by atoms with Crippen LogP contribution in [0.4, 0.5) is 11.5 Å². The maximum Gasteiger partial charge on any atom is 0.290 e. The molecular formula is C9H12N4O2. The fraction of sp³-hybridized carbons (Fsp3) is 0.444. The summed E-state index contributed by atoms with van der Waals surface area (Å²) in [6, 6.07) is 2.11. The molecule has 1 saturated carbocycles. The first kappa shape index (κ1) is 9.85. The number of aromatic nitrogens is 1. The molecule has 2 atom stereocenters. The highest BCUT2D eigenvalue weighted by Gasteiger charge is 2.33. The largest absolute Gasteiger partial charge is 0.366 e. The van der Waals surface area contributed by atoms with Crippen molar-refractivity contribution in [3.05, 3.63) is 27.9 Å². The number of aryl methyl sites for hydroxylation is 1. The van der Waals surface area contributed by atoms with E-state index in [1.54, 1.807) is 13.0 Å². The van der Waals surface area contributed by atoms with E-state index in [0.717, 1.165) is 6.42 Å². The summed E-state index contributed by atoms with van der Waals surface area (Å²) >= 11 is 0. The molecule has 80 valence electrons. The Morgan fingerprint density at radius 3 is 2.87 bits per heavy atom. The molecule has 6 heteroatoms. The van der Waals surface area contributed by atoms with Gasteiger partial charge in [-0.25, -0.2) is 4.98 Å². The monoisotopic (exact) mass is 208 g/mol. The van der Waals surface area contributed by atoms with Crippen LogP contribution in [0.15, 0.2) is 12.3 Å². The zero-order chi connectivity index (χ0) is 11.0. The summed E-state index contributed by atoms with van der Waals surface area (Å²) < 4.78 is 0. The molecule has 1 aliphatic carbocycles. The maximum absolute atomic E-state index is 10.5. The molecule has 1 aromatic heterocycles. The highest BCUT2D eigenvalue weighted by atomic mass is 16.6. The first-order valence-electron chi connectivity index (χ1n) is 4.71. The van der Waals surface area contributed by atoms with Gasteiger partial charge in [-0.3, -0.25) is 10.1 Å². The lowest BCUT2D eigenvalue weighted by Gasteiger charge is -2.04. The molecule has 1 aliphatic rings. The Morgan fingerprint density at radius 2 is 2.40 bits per heavy atom. The van der Waals surface area contributed by atoms with Crippen molar-refractivity contribution in [3.63, 3.8) is 0 Å². The maximum atomic E-state index is 10.5. The molecule has 0 amide bonds. The lowest BCUT2D eigenvalue weighted by atomic mass is 10.2. The van der Waals surface area contributed by atoms with E-state index in [0.29, 0.717) is 11.4 Å². The lowest BCUT2D eigenvalue weighted by Crippen LogP contribution is -2.14. The Morgan fingerprint density at radius 1 is 1.73 bits per heavy atom. The Kier molecular flexibility index (Phi) is 2.28. The van der Waals surface area contributed by atoms with Crippen molar-refractivity contribution in [2.45, 2.75) is 25.4 Å².